The van der Waals surface area contributed by atoms with E-state index in [9.17, 15) is 14.9 Å². The lowest BCUT2D eigenvalue weighted by atomic mass is 10.1. The van der Waals surface area contributed by atoms with E-state index in [0.29, 0.717) is 0 Å². The summed E-state index contributed by atoms with van der Waals surface area (Å²) < 4.78 is 0. The highest BCUT2D eigenvalue weighted by molar-refractivity contribution is 5.99. The third kappa shape index (κ3) is 2.67. The highest BCUT2D eigenvalue weighted by Gasteiger charge is 2.15. The van der Waals surface area contributed by atoms with Crippen molar-refractivity contribution in [3.05, 3.63) is 33.9 Å². The number of amides is 1. The van der Waals surface area contributed by atoms with E-state index in [1.807, 2.05) is 0 Å². The molecule has 0 heterocycles. The van der Waals surface area contributed by atoms with Gasteiger partial charge in [-0.3, -0.25) is 20.3 Å². The molecule has 3 N–H and O–H groups in total. The summed E-state index contributed by atoms with van der Waals surface area (Å²) in [6.45, 7) is 0. The van der Waals surface area contributed by atoms with Crippen molar-refractivity contribution < 1.29 is 9.72 Å². The predicted molar refractivity (Wildman–Crippen MR) is 58.7 cm³/mol. The minimum absolute atomic E-state index is 0.0860. The van der Waals surface area contributed by atoms with Crippen molar-refractivity contribution in [3.63, 3.8) is 0 Å². The molecule has 7 heteroatoms. The standard InChI is InChI=1S/C9H12N4O3/c1-12(2)11-9(14)7-5-6(13(15)16)3-4-8(7)10/h3-5H,10H2,1-2H3,(H,11,14). The number of hydrogen-bond acceptors (Lipinski definition) is 5. The fourth-order valence-electron chi connectivity index (χ4n) is 1.12. The van der Waals surface area contributed by atoms with Crippen LogP contribution in [0.1, 0.15) is 10.4 Å². The molecule has 1 aromatic rings. The first kappa shape index (κ1) is 11.9. The third-order valence-electron chi connectivity index (χ3n) is 1.82. The minimum atomic E-state index is -0.578. The first-order chi connectivity index (χ1) is 7.41. The summed E-state index contributed by atoms with van der Waals surface area (Å²) in [4.78, 5) is 21.5. The molecule has 0 aromatic heterocycles. The molecule has 1 aromatic carbocycles. The van der Waals surface area contributed by atoms with E-state index >= 15 is 0 Å². The SMILES string of the molecule is CN(C)NC(=O)c1cc([N+](=O)[O-])ccc1N. The van der Waals surface area contributed by atoms with Gasteiger partial charge in [-0.2, -0.15) is 0 Å². The molecule has 0 fully saturated rings. The average molecular weight is 224 g/mol. The number of rotatable bonds is 3. The molecule has 0 spiro atoms. The number of hydrazine groups is 1. The van der Waals surface area contributed by atoms with Crippen LogP contribution < -0.4 is 11.2 Å². The van der Waals surface area contributed by atoms with Gasteiger partial charge in [-0.25, -0.2) is 5.01 Å². The van der Waals surface area contributed by atoms with E-state index in [0.717, 1.165) is 6.07 Å². The van der Waals surface area contributed by atoms with Crippen LogP contribution in [0.25, 0.3) is 0 Å². The van der Waals surface area contributed by atoms with Gasteiger partial charge in [-0.15, -0.1) is 0 Å². The molecule has 0 aliphatic carbocycles. The highest BCUT2D eigenvalue weighted by Crippen LogP contribution is 2.19. The molecule has 7 nitrogen and oxygen atoms in total. The van der Waals surface area contributed by atoms with Gasteiger partial charge in [0.05, 0.1) is 10.5 Å². The van der Waals surface area contributed by atoms with Crippen molar-refractivity contribution in [1.82, 2.24) is 10.4 Å². The molecule has 0 saturated heterocycles. The number of nitrogens with two attached hydrogens (primary N) is 1. The fourth-order valence-corrected chi connectivity index (χ4v) is 1.12. The van der Waals surface area contributed by atoms with Crippen LogP contribution in [0.15, 0.2) is 18.2 Å². The van der Waals surface area contributed by atoms with E-state index in [4.69, 9.17) is 5.73 Å². The van der Waals surface area contributed by atoms with Crippen LogP contribution in [0.3, 0.4) is 0 Å². The summed E-state index contributed by atoms with van der Waals surface area (Å²) in [6.07, 6.45) is 0. The first-order valence-electron chi connectivity index (χ1n) is 4.44. The Labute approximate surface area is 92.0 Å². The number of nitrogen functional groups attached to an aromatic ring is 1. The minimum Gasteiger partial charge on any atom is -0.398 e. The van der Waals surface area contributed by atoms with Gasteiger partial charge in [0.15, 0.2) is 0 Å². The summed E-state index contributed by atoms with van der Waals surface area (Å²) in [6, 6.07) is 3.73. The molecule has 1 rings (SSSR count). The van der Waals surface area contributed by atoms with Crippen LogP contribution >= 0.6 is 0 Å². The fraction of sp³-hybridized carbons (Fsp3) is 0.222. The van der Waals surface area contributed by atoms with Crippen molar-refractivity contribution in [2.45, 2.75) is 0 Å². The summed E-state index contributed by atoms with van der Waals surface area (Å²) in [5.74, 6) is -0.480. The lowest BCUT2D eigenvalue weighted by Crippen LogP contribution is -2.36. The maximum atomic E-state index is 11.6. The Morgan fingerprint density at radius 1 is 1.50 bits per heavy atom. The Morgan fingerprint density at radius 3 is 2.62 bits per heavy atom. The molecule has 0 bridgehead atoms. The number of nitrogens with zero attached hydrogens (tertiary/aromatic N) is 2. The van der Waals surface area contributed by atoms with Crippen molar-refractivity contribution in [1.29, 1.82) is 0 Å². The van der Waals surface area contributed by atoms with Gasteiger partial charge in [0.25, 0.3) is 11.6 Å². The first-order valence-corrected chi connectivity index (χ1v) is 4.44. The summed E-state index contributed by atoms with van der Waals surface area (Å²) >= 11 is 0. The summed E-state index contributed by atoms with van der Waals surface area (Å²) in [5, 5.41) is 12.0. The van der Waals surface area contributed by atoms with Crippen LogP contribution in [-0.4, -0.2) is 29.9 Å². The van der Waals surface area contributed by atoms with Gasteiger partial charge in [0.1, 0.15) is 0 Å². The lowest BCUT2D eigenvalue weighted by Gasteiger charge is -2.12. The smallest absolute Gasteiger partial charge is 0.270 e. The summed E-state index contributed by atoms with van der Waals surface area (Å²) in [7, 11) is 3.26. The van der Waals surface area contributed by atoms with Crippen molar-refractivity contribution in [2.75, 3.05) is 19.8 Å². The quantitative estimate of drug-likeness (QED) is 0.439. The number of nitrogens with one attached hydrogen (secondary N) is 1. The largest absolute Gasteiger partial charge is 0.398 e. The molecular weight excluding hydrogens is 212 g/mol. The Bertz CT molecular complexity index is 431. The van der Waals surface area contributed by atoms with E-state index in [1.54, 1.807) is 14.1 Å². The molecule has 0 aliphatic heterocycles. The Balaban J connectivity index is 3.07. The van der Waals surface area contributed by atoms with E-state index in [2.05, 4.69) is 5.43 Å². The lowest BCUT2D eigenvalue weighted by molar-refractivity contribution is -0.384. The second kappa shape index (κ2) is 4.58. The molecule has 1 amide bonds. The molecule has 0 radical (unpaired) electrons. The molecule has 0 atom stereocenters. The van der Waals surface area contributed by atoms with Crippen molar-refractivity contribution in [2.24, 2.45) is 0 Å². The van der Waals surface area contributed by atoms with Crippen molar-refractivity contribution >= 4 is 17.3 Å². The summed E-state index contributed by atoms with van der Waals surface area (Å²) in [5.41, 5.74) is 8.14. The molecular formula is C9H12N4O3. The Kier molecular flexibility index (Phi) is 3.41. The maximum Gasteiger partial charge on any atom is 0.270 e. The zero-order valence-electron chi connectivity index (χ0n) is 8.93. The van der Waals surface area contributed by atoms with Crippen LogP contribution in [0.5, 0.6) is 0 Å². The van der Waals surface area contributed by atoms with Crippen LogP contribution in [0.2, 0.25) is 0 Å². The normalized spacial score (nSPS) is 10.2. The molecule has 0 aliphatic rings. The zero-order chi connectivity index (χ0) is 12.3. The highest BCUT2D eigenvalue weighted by atomic mass is 16.6. The van der Waals surface area contributed by atoms with E-state index < -0.39 is 10.8 Å². The Hall–Kier alpha value is -2.15. The molecule has 86 valence electrons. The number of benzene rings is 1. The van der Waals surface area contributed by atoms with Crippen LogP contribution in [0.4, 0.5) is 11.4 Å². The molecule has 0 saturated carbocycles. The topological polar surface area (TPSA) is 102 Å². The number of nitro groups is 1. The maximum absolute atomic E-state index is 11.6. The van der Waals surface area contributed by atoms with Gasteiger partial charge in [0.2, 0.25) is 0 Å². The zero-order valence-corrected chi connectivity index (χ0v) is 8.93. The van der Waals surface area contributed by atoms with Gasteiger partial charge in [0, 0.05) is 31.9 Å². The van der Waals surface area contributed by atoms with Crippen LogP contribution in [0, 0.1) is 10.1 Å². The third-order valence-corrected chi connectivity index (χ3v) is 1.82. The number of non-ortho nitro benzene ring substituents is 1. The van der Waals surface area contributed by atoms with Gasteiger partial charge in [-0.1, -0.05) is 0 Å². The van der Waals surface area contributed by atoms with E-state index in [1.165, 1.54) is 17.1 Å². The predicted octanol–water partition coefficient (Wildman–Crippen LogP) is 0.383. The van der Waals surface area contributed by atoms with Gasteiger partial charge in [-0.05, 0) is 6.07 Å². The average Bonchev–Trinajstić information content (AvgIpc) is 2.16. The number of nitro benzene ring substituents is 1. The van der Waals surface area contributed by atoms with Gasteiger partial charge >= 0.3 is 0 Å². The van der Waals surface area contributed by atoms with Crippen LogP contribution in [-0.2, 0) is 0 Å². The van der Waals surface area contributed by atoms with Gasteiger partial charge < -0.3 is 5.73 Å². The second-order valence-electron chi connectivity index (χ2n) is 3.36. The van der Waals surface area contributed by atoms with E-state index in [-0.39, 0.29) is 16.9 Å². The molecule has 16 heavy (non-hydrogen) atoms. The Morgan fingerprint density at radius 2 is 2.12 bits per heavy atom. The number of anilines is 1. The number of carbonyl (C=O) groups is 1. The molecule has 0 unspecified atom stereocenters. The second-order valence-corrected chi connectivity index (χ2v) is 3.36. The number of hydrogen-bond donors (Lipinski definition) is 2. The number of carbonyl (C=O) groups excluding carboxylic acids is 1. The van der Waals surface area contributed by atoms with Crippen molar-refractivity contribution in [3.8, 4) is 0 Å². The monoisotopic (exact) mass is 224 g/mol.